The first-order valence-electron chi connectivity index (χ1n) is 4.61. The summed E-state index contributed by atoms with van der Waals surface area (Å²) < 4.78 is 11.4. The quantitative estimate of drug-likeness (QED) is 0.932. The Morgan fingerprint density at radius 3 is 2.88 bits per heavy atom. The summed E-state index contributed by atoms with van der Waals surface area (Å²) in [6.07, 6.45) is 0. The van der Waals surface area contributed by atoms with E-state index in [1.54, 1.807) is 7.11 Å². The fourth-order valence-electron chi connectivity index (χ4n) is 1.24. The van der Waals surface area contributed by atoms with Crippen LogP contribution < -0.4 is 10.5 Å². The van der Waals surface area contributed by atoms with Crippen molar-refractivity contribution in [2.24, 2.45) is 5.73 Å². The number of ether oxygens (including phenoxy) is 1. The third-order valence-electron chi connectivity index (χ3n) is 2.05. The number of halogens is 1. The van der Waals surface area contributed by atoms with Crippen molar-refractivity contribution in [2.75, 3.05) is 7.11 Å². The van der Waals surface area contributed by atoms with E-state index in [2.05, 4.69) is 26.1 Å². The molecule has 0 atom stereocenters. The van der Waals surface area contributed by atoms with Crippen LogP contribution in [-0.2, 0) is 6.54 Å². The molecule has 0 amide bonds. The summed E-state index contributed by atoms with van der Waals surface area (Å²) in [4.78, 5) is 0. The van der Waals surface area contributed by atoms with E-state index >= 15 is 0 Å². The Morgan fingerprint density at radius 1 is 1.44 bits per heavy atom. The molecule has 1 aromatic heterocycles. The molecule has 2 N–H and O–H groups in total. The fourth-order valence-corrected chi connectivity index (χ4v) is 1.66. The van der Waals surface area contributed by atoms with Crippen molar-refractivity contribution in [2.45, 2.75) is 6.54 Å². The lowest BCUT2D eigenvalue weighted by molar-refractivity contribution is 0.414. The van der Waals surface area contributed by atoms with Gasteiger partial charge in [0.05, 0.1) is 19.2 Å². The van der Waals surface area contributed by atoms with Gasteiger partial charge in [0.1, 0.15) is 5.75 Å². The Hall–Kier alpha value is -1.40. The lowest BCUT2D eigenvalue weighted by atomic mass is 10.2. The maximum atomic E-state index is 5.40. The number of methoxy groups -OCH3 is 1. The van der Waals surface area contributed by atoms with Crippen molar-refractivity contribution in [1.82, 2.24) is 10.2 Å². The molecule has 0 saturated carbocycles. The van der Waals surface area contributed by atoms with E-state index in [9.17, 15) is 0 Å². The molecule has 5 nitrogen and oxygen atoms in total. The SMILES string of the molecule is COc1ccc(Br)c(-c2nnc(CN)o2)c1. The first-order valence-corrected chi connectivity index (χ1v) is 5.40. The van der Waals surface area contributed by atoms with Gasteiger partial charge in [-0.15, -0.1) is 10.2 Å². The van der Waals surface area contributed by atoms with Gasteiger partial charge in [-0.25, -0.2) is 0 Å². The monoisotopic (exact) mass is 283 g/mol. The highest BCUT2D eigenvalue weighted by atomic mass is 79.9. The third-order valence-corrected chi connectivity index (χ3v) is 2.74. The van der Waals surface area contributed by atoms with Crippen molar-refractivity contribution >= 4 is 15.9 Å². The summed E-state index contributed by atoms with van der Waals surface area (Å²) in [7, 11) is 1.60. The molecule has 1 heterocycles. The van der Waals surface area contributed by atoms with E-state index < -0.39 is 0 Å². The maximum absolute atomic E-state index is 5.40. The highest BCUT2D eigenvalue weighted by Gasteiger charge is 2.11. The summed E-state index contributed by atoms with van der Waals surface area (Å²) in [5.74, 6) is 1.56. The minimum absolute atomic E-state index is 0.231. The van der Waals surface area contributed by atoms with Gasteiger partial charge < -0.3 is 14.9 Å². The topological polar surface area (TPSA) is 74.2 Å². The number of benzene rings is 1. The van der Waals surface area contributed by atoms with Crippen LogP contribution in [0.15, 0.2) is 27.1 Å². The van der Waals surface area contributed by atoms with Gasteiger partial charge in [0.2, 0.25) is 11.8 Å². The number of nitrogens with zero attached hydrogens (tertiary/aromatic N) is 2. The van der Waals surface area contributed by atoms with Gasteiger partial charge in [-0.1, -0.05) is 0 Å². The van der Waals surface area contributed by atoms with E-state index in [0.717, 1.165) is 15.8 Å². The minimum Gasteiger partial charge on any atom is -0.497 e. The number of aromatic nitrogens is 2. The molecule has 0 aliphatic rings. The largest absolute Gasteiger partial charge is 0.497 e. The summed E-state index contributed by atoms with van der Waals surface area (Å²) in [6.45, 7) is 0.231. The zero-order chi connectivity index (χ0) is 11.5. The standard InChI is InChI=1S/C10H10BrN3O2/c1-15-6-2-3-8(11)7(4-6)10-14-13-9(5-12)16-10/h2-4H,5,12H2,1H3. The molecule has 0 aliphatic carbocycles. The van der Waals surface area contributed by atoms with E-state index in [1.807, 2.05) is 18.2 Å². The predicted molar refractivity (Wildman–Crippen MR) is 61.9 cm³/mol. The molecule has 6 heteroatoms. The molecule has 0 saturated heterocycles. The zero-order valence-corrected chi connectivity index (χ0v) is 10.2. The molecule has 2 rings (SSSR count). The van der Waals surface area contributed by atoms with Crippen LogP contribution in [-0.4, -0.2) is 17.3 Å². The second-order valence-electron chi connectivity index (χ2n) is 3.05. The van der Waals surface area contributed by atoms with Crippen molar-refractivity contribution in [3.63, 3.8) is 0 Å². The predicted octanol–water partition coefficient (Wildman–Crippen LogP) is 1.97. The lowest BCUT2D eigenvalue weighted by Crippen LogP contribution is -1.95. The molecular formula is C10H10BrN3O2. The van der Waals surface area contributed by atoms with Gasteiger partial charge in [-0.2, -0.15) is 0 Å². The van der Waals surface area contributed by atoms with Gasteiger partial charge in [0.15, 0.2) is 0 Å². The van der Waals surface area contributed by atoms with Crippen molar-refractivity contribution in [3.8, 4) is 17.2 Å². The summed E-state index contributed by atoms with van der Waals surface area (Å²) >= 11 is 3.41. The molecule has 0 spiro atoms. The molecule has 0 bridgehead atoms. The van der Waals surface area contributed by atoms with Crippen LogP contribution in [0.3, 0.4) is 0 Å². The summed E-state index contributed by atoms with van der Waals surface area (Å²) in [6, 6.07) is 5.52. The molecule has 16 heavy (non-hydrogen) atoms. The highest BCUT2D eigenvalue weighted by Crippen LogP contribution is 2.30. The Kier molecular flexibility index (Phi) is 3.21. The molecular weight excluding hydrogens is 274 g/mol. The lowest BCUT2D eigenvalue weighted by Gasteiger charge is -2.03. The van der Waals surface area contributed by atoms with E-state index in [0.29, 0.717) is 11.8 Å². The Labute approximate surface area is 101 Å². The average molecular weight is 284 g/mol. The first-order chi connectivity index (χ1) is 7.74. The van der Waals surface area contributed by atoms with Crippen LogP contribution in [0.2, 0.25) is 0 Å². The van der Waals surface area contributed by atoms with E-state index in [-0.39, 0.29) is 6.54 Å². The van der Waals surface area contributed by atoms with Crippen LogP contribution >= 0.6 is 15.9 Å². The normalized spacial score (nSPS) is 10.4. The van der Waals surface area contributed by atoms with Crippen LogP contribution in [0.1, 0.15) is 5.89 Å². The summed E-state index contributed by atoms with van der Waals surface area (Å²) in [5, 5.41) is 7.72. The molecule has 0 fully saturated rings. The van der Waals surface area contributed by atoms with Gasteiger partial charge in [-0.3, -0.25) is 0 Å². The van der Waals surface area contributed by atoms with Gasteiger partial charge in [0, 0.05) is 4.47 Å². The second kappa shape index (κ2) is 4.63. The van der Waals surface area contributed by atoms with Crippen LogP contribution in [0.5, 0.6) is 5.75 Å². The Morgan fingerprint density at radius 2 is 2.25 bits per heavy atom. The second-order valence-corrected chi connectivity index (χ2v) is 3.91. The molecule has 0 unspecified atom stereocenters. The van der Waals surface area contributed by atoms with Gasteiger partial charge in [0.25, 0.3) is 0 Å². The van der Waals surface area contributed by atoms with Gasteiger partial charge >= 0.3 is 0 Å². The first kappa shape index (κ1) is 11.1. The third kappa shape index (κ3) is 2.07. The van der Waals surface area contributed by atoms with Crippen LogP contribution in [0.4, 0.5) is 0 Å². The number of hydrogen-bond donors (Lipinski definition) is 1. The fraction of sp³-hybridized carbons (Fsp3) is 0.200. The Balaban J connectivity index is 2.45. The van der Waals surface area contributed by atoms with Crippen LogP contribution in [0.25, 0.3) is 11.5 Å². The van der Waals surface area contributed by atoms with E-state index in [1.165, 1.54) is 0 Å². The van der Waals surface area contributed by atoms with Crippen LogP contribution in [0, 0.1) is 0 Å². The number of hydrogen-bond acceptors (Lipinski definition) is 5. The van der Waals surface area contributed by atoms with E-state index in [4.69, 9.17) is 14.9 Å². The molecule has 2 aromatic rings. The highest BCUT2D eigenvalue weighted by molar-refractivity contribution is 9.10. The van der Waals surface area contributed by atoms with Crippen molar-refractivity contribution < 1.29 is 9.15 Å². The van der Waals surface area contributed by atoms with Crippen molar-refractivity contribution in [3.05, 3.63) is 28.6 Å². The minimum atomic E-state index is 0.231. The zero-order valence-electron chi connectivity index (χ0n) is 8.61. The smallest absolute Gasteiger partial charge is 0.249 e. The van der Waals surface area contributed by atoms with Gasteiger partial charge in [-0.05, 0) is 34.1 Å². The average Bonchev–Trinajstić information content (AvgIpc) is 2.78. The molecule has 0 aliphatic heterocycles. The molecule has 84 valence electrons. The number of rotatable bonds is 3. The molecule has 0 radical (unpaired) electrons. The Bertz CT molecular complexity index is 499. The summed E-state index contributed by atoms with van der Waals surface area (Å²) in [5.41, 5.74) is 6.19. The maximum Gasteiger partial charge on any atom is 0.249 e. The molecule has 1 aromatic carbocycles. The number of nitrogens with two attached hydrogens (primary N) is 1. The van der Waals surface area contributed by atoms with Crippen molar-refractivity contribution in [1.29, 1.82) is 0 Å².